The second-order valence-electron chi connectivity index (χ2n) is 4.70. The number of hydrogen-bond donors (Lipinski definition) is 0. The monoisotopic (exact) mass is 306 g/mol. The third-order valence-electron chi connectivity index (χ3n) is 2.77. The van der Waals surface area contributed by atoms with Crippen molar-refractivity contribution in [1.82, 2.24) is 0 Å². The summed E-state index contributed by atoms with van der Waals surface area (Å²) in [5, 5.41) is 0. The van der Waals surface area contributed by atoms with Crippen LogP contribution in [-0.2, 0) is 16.5 Å². The average Bonchev–Trinajstić information content (AvgIpc) is 2.43. The van der Waals surface area contributed by atoms with Gasteiger partial charge in [0.25, 0.3) is 0 Å². The van der Waals surface area contributed by atoms with Crippen LogP contribution in [0.2, 0.25) is 0 Å². The number of rotatable bonds is 7. The molecule has 0 saturated heterocycles. The van der Waals surface area contributed by atoms with Gasteiger partial charge in [0, 0.05) is 0 Å². The summed E-state index contributed by atoms with van der Waals surface area (Å²) in [4.78, 5) is 0. The standard InChI is InChI=1S/C16H18O4S/c1-21(17,18)20-16-11-5-7-14(13-16)8-6-12-19-15-9-3-2-4-10-15/h2-5,7,9-11,13H,6,8,12H2,1H3. The van der Waals surface area contributed by atoms with Crippen LogP contribution in [0.15, 0.2) is 54.6 Å². The Kier molecular flexibility index (Phi) is 5.22. The highest BCUT2D eigenvalue weighted by Gasteiger charge is 2.04. The Labute approximate surface area is 125 Å². The zero-order valence-corrected chi connectivity index (χ0v) is 12.7. The van der Waals surface area contributed by atoms with Gasteiger partial charge >= 0.3 is 10.1 Å². The van der Waals surface area contributed by atoms with Crippen molar-refractivity contribution in [3.05, 3.63) is 60.2 Å². The van der Waals surface area contributed by atoms with Gasteiger partial charge in [0.15, 0.2) is 0 Å². The van der Waals surface area contributed by atoms with E-state index in [9.17, 15) is 8.42 Å². The Bertz CT molecular complexity index is 666. The molecular weight excluding hydrogens is 288 g/mol. The zero-order chi connectivity index (χ0) is 15.1. The smallest absolute Gasteiger partial charge is 0.306 e. The van der Waals surface area contributed by atoms with Crippen LogP contribution in [0.25, 0.3) is 0 Å². The molecule has 2 aromatic carbocycles. The lowest BCUT2D eigenvalue weighted by Gasteiger charge is -2.07. The van der Waals surface area contributed by atoms with Gasteiger partial charge in [-0.2, -0.15) is 8.42 Å². The quantitative estimate of drug-likeness (QED) is 0.583. The summed E-state index contributed by atoms with van der Waals surface area (Å²) in [6.07, 6.45) is 2.68. The van der Waals surface area contributed by atoms with E-state index in [2.05, 4.69) is 0 Å². The molecular formula is C16H18O4S. The van der Waals surface area contributed by atoms with Crippen LogP contribution in [0.3, 0.4) is 0 Å². The molecule has 2 rings (SSSR count). The van der Waals surface area contributed by atoms with Gasteiger partial charge in [-0.1, -0.05) is 30.3 Å². The number of benzene rings is 2. The lowest BCUT2D eigenvalue weighted by atomic mass is 10.1. The molecule has 0 unspecified atom stereocenters. The molecule has 0 aliphatic carbocycles. The number of aryl methyl sites for hydroxylation is 1. The minimum absolute atomic E-state index is 0.346. The maximum Gasteiger partial charge on any atom is 0.306 e. The summed E-state index contributed by atoms with van der Waals surface area (Å²) in [5.41, 5.74) is 1.02. The molecule has 0 fully saturated rings. The molecule has 0 radical (unpaired) electrons. The zero-order valence-electron chi connectivity index (χ0n) is 11.9. The highest BCUT2D eigenvalue weighted by atomic mass is 32.2. The Morgan fingerprint density at radius 1 is 0.952 bits per heavy atom. The molecule has 0 aromatic heterocycles. The molecule has 0 atom stereocenters. The molecule has 0 spiro atoms. The lowest BCUT2D eigenvalue weighted by molar-refractivity contribution is 0.311. The van der Waals surface area contributed by atoms with Gasteiger partial charge in [-0.3, -0.25) is 0 Å². The topological polar surface area (TPSA) is 52.6 Å². The molecule has 0 aliphatic heterocycles. The third kappa shape index (κ3) is 5.87. The fourth-order valence-corrected chi connectivity index (χ4v) is 2.36. The molecule has 2 aromatic rings. The third-order valence-corrected chi connectivity index (χ3v) is 3.26. The van der Waals surface area contributed by atoms with Crippen molar-refractivity contribution in [3.63, 3.8) is 0 Å². The van der Waals surface area contributed by atoms with Crippen molar-refractivity contribution in [2.45, 2.75) is 12.8 Å². The first-order valence-corrected chi connectivity index (χ1v) is 8.51. The van der Waals surface area contributed by atoms with Crippen molar-refractivity contribution in [2.24, 2.45) is 0 Å². The van der Waals surface area contributed by atoms with E-state index in [1.54, 1.807) is 18.2 Å². The van der Waals surface area contributed by atoms with Gasteiger partial charge in [0.05, 0.1) is 12.9 Å². The van der Waals surface area contributed by atoms with E-state index in [1.807, 2.05) is 36.4 Å². The first-order chi connectivity index (χ1) is 10.0. The van der Waals surface area contributed by atoms with Crippen LogP contribution >= 0.6 is 0 Å². The van der Waals surface area contributed by atoms with Gasteiger partial charge in [-0.05, 0) is 42.7 Å². The average molecular weight is 306 g/mol. The molecule has 0 saturated carbocycles. The number of hydrogen-bond acceptors (Lipinski definition) is 4. The first-order valence-electron chi connectivity index (χ1n) is 6.69. The summed E-state index contributed by atoms with van der Waals surface area (Å²) < 4.78 is 32.6. The van der Waals surface area contributed by atoms with E-state index in [0.717, 1.165) is 30.4 Å². The van der Waals surface area contributed by atoms with Crippen LogP contribution in [0.4, 0.5) is 0 Å². The lowest BCUT2D eigenvalue weighted by Crippen LogP contribution is -2.06. The summed E-state index contributed by atoms with van der Waals surface area (Å²) >= 11 is 0. The SMILES string of the molecule is CS(=O)(=O)Oc1cccc(CCCOc2ccccc2)c1. The van der Waals surface area contributed by atoms with Crippen LogP contribution in [0.1, 0.15) is 12.0 Å². The van der Waals surface area contributed by atoms with Gasteiger partial charge in [-0.25, -0.2) is 0 Å². The fourth-order valence-electron chi connectivity index (χ4n) is 1.91. The van der Waals surface area contributed by atoms with Crippen molar-refractivity contribution in [2.75, 3.05) is 12.9 Å². The first kappa shape index (κ1) is 15.4. The van der Waals surface area contributed by atoms with E-state index < -0.39 is 10.1 Å². The molecule has 4 nitrogen and oxygen atoms in total. The van der Waals surface area contributed by atoms with Crippen LogP contribution in [0.5, 0.6) is 11.5 Å². The summed E-state index contributed by atoms with van der Waals surface area (Å²) in [7, 11) is -3.48. The molecule has 5 heteroatoms. The Morgan fingerprint density at radius 2 is 1.67 bits per heavy atom. The maximum absolute atomic E-state index is 11.1. The Balaban J connectivity index is 1.82. The molecule has 0 heterocycles. The van der Waals surface area contributed by atoms with E-state index in [-0.39, 0.29) is 0 Å². The predicted molar refractivity (Wildman–Crippen MR) is 82.2 cm³/mol. The number of para-hydroxylation sites is 1. The predicted octanol–water partition coefficient (Wildman–Crippen LogP) is 3.04. The van der Waals surface area contributed by atoms with Gasteiger partial charge in [0.1, 0.15) is 11.5 Å². The molecule has 112 valence electrons. The molecule has 0 bridgehead atoms. The normalized spacial score (nSPS) is 11.1. The van der Waals surface area contributed by atoms with Gasteiger partial charge < -0.3 is 8.92 Å². The highest BCUT2D eigenvalue weighted by Crippen LogP contribution is 2.16. The minimum atomic E-state index is -3.48. The largest absolute Gasteiger partial charge is 0.494 e. The van der Waals surface area contributed by atoms with Crippen molar-refractivity contribution in [3.8, 4) is 11.5 Å². The second kappa shape index (κ2) is 7.13. The van der Waals surface area contributed by atoms with Crippen molar-refractivity contribution >= 4 is 10.1 Å². The second-order valence-corrected chi connectivity index (χ2v) is 6.27. The van der Waals surface area contributed by atoms with Crippen molar-refractivity contribution < 1.29 is 17.3 Å². The molecule has 0 aliphatic rings. The van der Waals surface area contributed by atoms with E-state index in [0.29, 0.717) is 12.4 Å². The van der Waals surface area contributed by atoms with Crippen molar-refractivity contribution in [1.29, 1.82) is 0 Å². The maximum atomic E-state index is 11.1. The van der Waals surface area contributed by atoms with Gasteiger partial charge in [-0.15, -0.1) is 0 Å². The molecule has 0 amide bonds. The summed E-state index contributed by atoms with van der Waals surface area (Å²) in [6, 6.07) is 16.7. The summed E-state index contributed by atoms with van der Waals surface area (Å²) in [5.74, 6) is 1.20. The van der Waals surface area contributed by atoms with E-state index >= 15 is 0 Å². The molecule has 21 heavy (non-hydrogen) atoms. The Hall–Kier alpha value is -2.01. The van der Waals surface area contributed by atoms with E-state index in [1.165, 1.54) is 0 Å². The van der Waals surface area contributed by atoms with Crippen LogP contribution in [0, 0.1) is 0 Å². The Morgan fingerprint density at radius 3 is 2.38 bits per heavy atom. The van der Waals surface area contributed by atoms with Crippen LogP contribution in [-0.4, -0.2) is 21.3 Å². The number of ether oxygens (including phenoxy) is 1. The fraction of sp³-hybridized carbons (Fsp3) is 0.250. The summed E-state index contributed by atoms with van der Waals surface area (Å²) in [6.45, 7) is 0.612. The van der Waals surface area contributed by atoms with Gasteiger partial charge in [0.2, 0.25) is 0 Å². The molecule has 0 N–H and O–H groups in total. The minimum Gasteiger partial charge on any atom is -0.494 e. The highest BCUT2D eigenvalue weighted by molar-refractivity contribution is 7.86. The van der Waals surface area contributed by atoms with E-state index in [4.69, 9.17) is 8.92 Å². The van der Waals surface area contributed by atoms with Crippen LogP contribution < -0.4 is 8.92 Å².